The molecule has 1 heterocycles. The fraction of sp³-hybridized carbons (Fsp3) is 0.111. The molecule has 0 aliphatic heterocycles. The number of rotatable bonds is 3. The molecule has 0 bridgehead atoms. The molecule has 0 spiro atoms. The molecule has 0 saturated carbocycles. The fourth-order valence-corrected chi connectivity index (χ4v) is 2.34. The average molecular weight is 277 g/mol. The van der Waals surface area contributed by atoms with Crippen LogP contribution in [-0.4, -0.2) is 11.0 Å². The zero-order chi connectivity index (χ0) is 14.7. The first-order valence-electron chi connectivity index (χ1n) is 6.81. The van der Waals surface area contributed by atoms with Crippen molar-refractivity contribution in [3.8, 4) is 0 Å². The van der Waals surface area contributed by atoms with Crippen LogP contribution in [0.15, 0.2) is 66.9 Å². The van der Waals surface area contributed by atoms with E-state index in [0.29, 0.717) is 0 Å². The third kappa shape index (κ3) is 2.92. The van der Waals surface area contributed by atoms with Gasteiger partial charge in [-0.05, 0) is 17.0 Å². The van der Waals surface area contributed by atoms with Crippen molar-refractivity contribution in [2.24, 2.45) is 0 Å². The lowest BCUT2D eigenvalue weighted by molar-refractivity contribution is -0.144. The van der Waals surface area contributed by atoms with E-state index >= 15 is 0 Å². The van der Waals surface area contributed by atoms with E-state index < -0.39 is 6.10 Å². The highest BCUT2D eigenvalue weighted by atomic mass is 16.5. The van der Waals surface area contributed by atoms with E-state index in [1.807, 2.05) is 66.9 Å². The highest BCUT2D eigenvalue weighted by Gasteiger charge is 2.18. The van der Waals surface area contributed by atoms with Crippen molar-refractivity contribution in [3.05, 3.63) is 78.1 Å². The summed E-state index contributed by atoms with van der Waals surface area (Å²) < 4.78 is 5.47. The number of hydrogen-bond donors (Lipinski definition) is 0. The lowest BCUT2D eigenvalue weighted by Crippen LogP contribution is -2.11. The third-order valence-electron chi connectivity index (χ3n) is 3.31. The molecule has 104 valence electrons. The Labute approximate surface area is 123 Å². The lowest BCUT2D eigenvalue weighted by atomic mass is 10.0. The normalized spacial score (nSPS) is 12.0. The summed E-state index contributed by atoms with van der Waals surface area (Å²) in [5.41, 5.74) is 1.64. The summed E-state index contributed by atoms with van der Waals surface area (Å²) in [6.07, 6.45) is 1.33. The lowest BCUT2D eigenvalue weighted by Gasteiger charge is -2.17. The minimum Gasteiger partial charge on any atom is -0.451 e. The van der Waals surface area contributed by atoms with Gasteiger partial charge in [0.05, 0.1) is 5.69 Å². The summed E-state index contributed by atoms with van der Waals surface area (Å²) in [6, 6.07) is 19.6. The van der Waals surface area contributed by atoms with Crippen molar-refractivity contribution in [1.82, 2.24) is 4.98 Å². The molecule has 0 radical (unpaired) electrons. The van der Waals surface area contributed by atoms with Crippen LogP contribution < -0.4 is 0 Å². The van der Waals surface area contributed by atoms with Gasteiger partial charge in [0, 0.05) is 18.5 Å². The first-order chi connectivity index (χ1) is 10.2. The van der Waals surface area contributed by atoms with Crippen LogP contribution in [0.4, 0.5) is 0 Å². The molecule has 21 heavy (non-hydrogen) atoms. The van der Waals surface area contributed by atoms with Crippen LogP contribution >= 0.6 is 0 Å². The molecule has 2 aromatic carbocycles. The minimum atomic E-state index is -0.478. The number of fused-ring (bicyclic) bond motifs is 1. The predicted molar refractivity (Wildman–Crippen MR) is 81.8 cm³/mol. The van der Waals surface area contributed by atoms with E-state index in [9.17, 15) is 4.79 Å². The topological polar surface area (TPSA) is 39.2 Å². The first kappa shape index (κ1) is 13.3. The Hall–Kier alpha value is -2.68. The van der Waals surface area contributed by atoms with E-state index in [1.54, 1.807) is 0 Å². The smallest absolute Gasteiger partial charge is 0.303 e. The standard InChI is InChI=1S/C18H15NO2/c1-13(20)21-18(14-7-3-2-4-8-14)17-11-15-9-5-6-10-16(15)12-19-17/h2-12,18H,1H3/t18-/m1/s1. The van der Waals surface area contributed by atoms with Gasteiger partial charge in [-0.15, -0.1) is 0 Å². The summed E-state index contributed by atoms with van der Waals surface area (Å²) in [5, 5.41) is 2.14. The molecular formula is C18H15NO2. The zero-order valence-corrected chi connectivity index (χ0v) is 11.7. The van der Waals surface area contributed by atoms with Crippen molar-refractivity contribution in [2.45, 2.75) is 13.0 Å². The predicted octanol–water partition coefficient (Wildman–Crippen LogP) is 3.89. The van der Waals surface area contributed by atoms with Gasteiger partial charge >= 0.3 is 5.97 Å². The second-order valence-electron chi connectivity index (χ2n) is 4.86. The van der Waals surface area contributed by atoms with Crippen molar-refractivity contribution in [2.75, 3.05) is 0 Å². The number of pyridine rings is 1. The number of hydrogen-bond acceptors (Lipinski definition) is 3. The summed E-state index contributed by atoms with van der Waals surface area (Å²) in [7, 11) is 0. The van der Waals surface area contributed by atoms with E-state index in [1.165, 1.54) is 6.92 Å². The Morgan fingerprint density at radius 2 is 1.67 bits per heavy atom. The Balaban J connectivity index is 2.07. The molecule has 0 aliphatic rings. The zero-order valence-electron chi connectivity index (χ0n) is 11.7. The number of nitrogens with zero attached hydrogens (tertiary/aromatic N) is 1. The monoisotopic (exact) mass is 277 g/mol. The maximum Gasteiger partial charge on any atom is 0.303 e. The van der Waals surface area contributed by atoms with Crippen molar-refractivity contribution >= 4 is 16.7 Å². The molecule has 3 nitrogen and oxygen atoms in total. The van der Waals surface area contributed by atoms with Gasteiger partial charge in [-0.2, -0.15) is 0 Å². The van der Waals surface area contributed by atoms with Crippen LogP contribution in [0.1, 0.15) is 24.3 Å². The van der Waals surface area contributed by atoms with Gasteiger partial charge < -0.3 is 4.74 Å². The summed E-state index contributed by atoms with van der Waals surface area (Å²) in [6.45, 7) is 1.41. The van der Waals surface area contributed by atoms with E-state index in [0.717, 1.165) is 22.0 Å². The molecule has 1 aromatic heterocycles. The Bertz CT molecular complexity index is 768. The maximum atomic E-state index is 11.4. The molecular weight excluding hydrogens is 262 g/mol. The van der Waals surface area contributed by atoms with Crippen LogP contribution in [-0.2, 0) is 9.53 Å². The molecule has 0 aliphatic carbocycles. The van der Waals surface area contributed by atoms with Gasteiger partial charge in [-0.1, -0.05) is 54.6 Å². The molecule has 3 aromatic rings. The van der Waals surface area contributed by atoms with E-state index in [4.69, 9.17) is 4.74 Å². The van der Waals surface area contributed by atoms with Crippen LogP contribution in [0, 0.1) is 0 Å². The highest BCUT2D eigenvalue weighted by Crippen LogP contribution is 2.26. The minimum absolute atomic E-state index is 0.321. The molecule has 0 fully saturated rings. The summed E-state index contributed by atoms with van der Waals surface area (Å²) in [5.74, 6) is -0.321. The molecule has 1 atom stereocenters. The second kappa shape index (κ2) is 5.75. The van der Waals surface area contributed by atoms with Gasteiger partial charge in [-0.25, -0.2) is 0 Å². The van der Waals surface area contributed by atoms with Gasteiger partial charge in [0.15, 0.2) is 6.10 Å². The molecule has 0 unspecified atom stereocenters. The van der Waals surface area contributed by atoms with Crippen LogP contribution in [0.25, 0.3) is 10.8 Å². The highest BCUT2D eigenvalue weighted by molar-refractivity contribution is 5.82. The molecule has 0 N–H and O–H groups in total. The first-order valence-corrected chi connectivity index (χ1v) is 6.81. The number of carbonyl (C=O) groups is 1. The fourth-order valence-electron chi connectivity index (χ4n) is 2.34. The van der Waals surface area contributed by atoms with E-state index in [-0.39, 0.29) is 5.97 Å². The number of carbonyl (C=O) groups excluding carboxylic acids is 1. The van der Waals surface area contributed by atoms with Crippen LogP contribution in [0.2, 0.25) is 0 Å². The third-order valence-corrected chi connectivity index (χ3v) is 3.31. The SMILES string of the molecule is CC(=O)O[C@H](c1ccccc1)c1cc2ccccc2cn1. The maximum absolute atomic E-state index is 11.4. The molecule has 3 rings (SSSR count). The molecule has 3 heteroatoms. The van der Waals surface area contributed by atoms with Gasteiger partial charge in [0.2, 0.25) is 0 Å². The second-order valence-corrected chi connectivity index (χ2v) is 4.86. The van der Waals surface area contributed by atoms with Crippen molar-refractivity contribution < 1.29 is 9.53 Å². The number of esters is 1. The Kier molecular flexibility index (Phi) is 3.65. The van der Waals surface area contributed by atoms with Crippen LogP contribution in [0.3, 0.4) is 0 Å². The quantitative estimate of drug-likeness (QED) is 0.682. The number of aromatic nitrogens is 1. The van der Waals surface area contributed by atoms with Crippen molar-refractivity contribution in [3.63, 3.8) is 0 Å². The molecule has 0 saturated heterocycles. The summed E-state index contributed by atoms with van der Waals surface area (Å²) >= 11 is 0. The van der Waals surface area contributed by atoms with Gasteiger partial charge in [0.1, 0.15) is 0 Å². The largest absolute Gasteiger partial charge is 0.451 e. The van der Waals surface area contributed by atoms with Crippen molar-refractivity contribution in [1.29, 1.82) is 0 Å². The van der Waals surface area contributed by atoms with Crippen LogP contribution in [0.5, 0.6) is 0 Å². The average Bonchev–Trinajstić information content (AvgIpc) is 2.53. The summed E-state index contributed by atoms with van der Waals surface area (Å²) in [4.78, 5) is 15.9. The van der Waals surface area contributed by atoms with E-state index in [2.05, 4.69) is 4.98 Å². The number of benzene rings is 2. The van der Waals surface area contributed by atoms with Gasteiger partial charge in [0.25, 0.3) is 0 Å². The Morgan fingerprint density at radius 3 is 2.38 bits per heavy atom. The molecule has 0 amide bonds. The van der Waals surface area contributed by atoms with Gasteiger partial charge in [-0.3, -0.25) is 9.78 Å². The number of ether oxygens (including phenoxy) is 1. The Morgan fingerprint density at radius 1 is 1.00 bits per heavy atom.